The zero-order chi connectivity index (χ0) is 60.9. The zero-order valence-electron chi connectivity index (χ0n) is 53.1. The molecule has 0 bridgehead atoms. The Bertz CT molecular complexity index is 4020. The van der Waals surface area contributed by atoms with Gasteiger partial charge in [0.1, 0.15) is 0 Å². The highest BCUT2D eigenvalue weighted by Crippen LogP contribution is 2.56. The Labute approximate surface area is 532 Å². The summed E-state index contributed by atoms with van der Waals surface area (Å²) in [6, 6.07) is 99.5. The van der Waals surface area contributed by atoms with Crippen LogP contribution in [0.25, 0.3) is 44.5 Å². The molecule has 11 aromatic carbocycles. The van der Waals surface area contributed by atoms with E-state index in [-0.39, 0.29) is 5.41 Å². The molecule has 1 aliphatic carbocycles. The summed E-state index contributed by atoms with van der Waals surface area (Å²) in [5, 5.41) is 0. The van der Waals surface area contributed by atoms with E-state index in [0.29, 0.717) is 0 Å². The van der Waals surface area contributed by atoms with Crippen LogP contribution in [-0.4, -0.2) is 0 Å². The average Bonchev–Trinajstić information content (AvgIpc) is 1.67. The number of fused-ring (bicyclic) bond motifs is 3. The molecule has 0 atom stereocenters. The molecule has 11 aromatic rings. The van der Waals surface area contributed by atoms with Crippen molar-refractivity contribution in [2.75, 3.05) is 14.7 Å². The van der Waals surface area contributed by atoms with Crippen molar-refractivity contribution in [3.63, 3.8) is 0 Å². The molecule has 0 saturated carbocycles. The molecule has 89 heavy (non-hydrogen) atoms. The van der Waals surface area contributed by atoms with Crippen molar-refractivity contribution in [2.24, 2.45) is 0 Å². The van der Waals surface area contributed by atoms with Gasteiger partial charge in [-0.1, -0.05) is 237 Å². The zero-order valence-corrected chi connectivity index (χ0v) is 53.1. The molecule has 0 unspecified atom stereocenters. The molecule has 0 amide bonds. The second kappa shape index (κ2) is 28.3. The Morgan fingerprint density at radius 2 is 0.629 bits per heavy atom. The van der Waals surface area contributed by atoms with Crippen molar-refractivity contribution in [3.05, 3.63) is 295 Å². The number of benzene rings is 11. The van der Waals surface area contributed by atoms with Crippen LogP contribution in [0.4, 0.5) is 51.2 Å². The molecule has 3 heteroatoms. The minimum Gasteiger partial charge on any atom is -0.311 e. The molecule has 446 valence electrons. The molecular weight excluding hydrogens is 1070 g/mol. The first-order chi connectivity index (χ1) is 43.8. The highest BCUT2D eigenvalue weighted by molar-refractivity contribution is 5.88. The lowest BCUT2D eigenvalue weighted by molar-refractivity contribution is 0.401. The predicted octanol–water partition coefficient (Wildman–Crippen LogP) is 25.7. The summed E-state index contributed by atoms with van der Waals surface area (Å²) in [7, 11) is 0. The molecule has 0 spiro atoms. The summed E-state index contributed by atoms with van der Waals surface area (Å²) in [6.07, 6.45) is 17.3. The van der Waals surface area contributed by atoms with Gasteiger partial charge in [-0.15, -0.1) is 0 Å². The van der Waals surface area contributed by atoms with E-state index in [9.17, 15) is 0 Å². The van der Waals surface area contributed by atoms with Crippen molar-refractivity contribution in [1.82, 2.24) is 0 Å². The third-order valence-corrected chi connectivity index (χ3v) is 18.7. The van der Waals surface area contributed by atoms with Gasteiger partial charge in [-0.25, -0.2) is 0 Å². The maximum Gasteiger partial charge on any atom is 0.0465 e. The first-order valence-electron chi connectivity index (χ1n) is 33.3. The molecule has 3 nitrogen and oxygen atoms in total. The minimum absolute atomic E-state index is 0.00443. The smallest absolute Gasteiger partial charge is 0.0465 e. The standard InChI is InChI=1S/C86H87N3/c1-6-9-12-26-58-86(59-27-13-10-7-2)84-39-25-24-38-82(84)83-57-54-79(63-85(83)86)89(73-36-22-16-23-37-73)78-53-56-81(65(5)61-78)80-55-52-77(60-64(80)4)88(74-46-40-66(41-47-74)29-17-11-8-3)76-50-44-68(45-51-76)70-31-28-30-69(62-70)67-42-48-75(49-43-67)87(71-32-18-14-19-33-71)72-34-20-15-21-35-72/h14-16,18-25,28,30-57,60-63H,6-13,17,26-27,29,58-59H2,1-5H3. The largest absolute Gasteiger partial charge is 0.311 e. The molecule has 0 aliphatic heterocycles. The van der Waals surface area contributed by atoms with Gasteiger partial charge in [0.25, 0.3) is 0 Å². The fourth-order valence-electron chi connectivity index (χ4n) is 14.1. The Morgan fingerprint density at radius 3 is 1.10 bits per heavy atom. The van der Waals surface area contributed by atoms with Crippen molar-refractivity contribution >= 4 is 51.2 Å². The Kier molecular flexibility index (Phi) is 19.1. The summed E-state index contributed by atoms with van der Waals surface area (Å²) < 4.78 is 0. The first kappa shape index (κ1) is 60.1. The normalized spacial score (nSPS) is 12.1. The van der Waals surface area contributed by atoms with E-state index in [1.54, 1.807) is 0 Å². The van der Waals surface area contributed by atoms with Gasteiger partial charge in [0.2, 0.25) is 0 Å². The SMILES string of the molecule is CCCCCCC1(CCCCCC)c2ccccc2-c2ccc(N(c3ccccc3)c3ccc(-c4ccc(N(c5ccc(CCCCC)cc5)c5ccc(-c6cccc(-c7ccc(N(c8ccccc8)c8ccccc8)cc7)c6)cc5)cc4C)c(C)c3)cc21. The van der Waals surface area contributed by atoms with Crippen LogP contribution in [0.2, 0.25) is 0 Å². The fraction of sp³-hybridized carbons (Fsp3) is 0.233. The monoisotopic (exact) mass is 1160 g/mol. The highest BCUT2D eigenvalue weighted by Gasteiger charge is 2.42. The number of rotatable bonds is 26. The second-order valence-corrected chi connectivity index (χ2v) is 24.8. The molecule has 0 heterocycles. The van der Waals surface area contributed by atoms with Gasteiger partial charge < -0.3 is 14.7 Å². The molecular formula is C86H87N3. The molecule has 0 fully saturated rings. The number of aryl methyl sites for hydroxylation is 3. The van der Waals surface area contributed by atoms with Crippen molar-refractivity contribution in [1.29, 1.82) is 0 Å². The molecule has 0 N–H and O–H groups in total. The summed E-state index contributed by atoms with van der Waals surface area (Å²) in [6.45, 7) is 11.5. The average molecular weight is 1160 g/mol. The first-order valence-corrected chi connectivity index (χ1v) is 33.3. The Hall–Kier alpha value is -9.18. The van der Waals surface area contributed by atoms with Crippen LogP contribution in [0, 0.1) is 13.8 Å². The van der Waals surface area contributed by atoms with Gasteiger partial charge in [0.05, 0.1) is 0 Å². The lowest BCUT2D eigenvalue weighted by Gasteiger charge is -2.34. The van der Waals surface area contributed by atoms with E-state index < -0.39 is 0 Å². The highest BCUT2D eigenvalue weighted by atomic mass is 15.2. The minimum atomic E-state index is 0.00443. The van der Waals surface area contributed by atoms with Gasteiger partial charge in [0.15, 0.2) is 0 Å². The van der Waals surface area contributed by atoms with E-state index in [4.69, 9.17) is 0 Å². The van der Waals surface area contributed by atoms with Crippen LogP contribution >= 0.6 is 0 Å². The van der Waals surface area contributed by atoms with Crippen LogP contribution in [0.1, 0.15) is 132 Å². The lowest BCUT2D eigenvalue weighted by atomic mass is 9.70. The predicted molar refractivity (Wildman–Crippen MR) is 383 cm³/mol. The van der Waals surface area contributed by atoms with Crippen LogP contribution in [0.15, 0.2) is 267 Å². The van der Waals surface area contributed by atoms with Gasteiger partial charge in [0, 0.05) is 56.6 Å². The summed E-state index contributed by atoms with van der Waals surface area (Å²) in [4.78, 5) is 7.23. The number of hydrogen-bond donors (Lipinski definition) is 0. The Morgan fingerprint density at radius 1 is 0.258 bits per heavy atom. The number of para-hydroxylation sites is 3. The van der Waals surface area contributed by atoms with Crippen LogP contribution < -0.4 is 14.7 Å². The van der Waals surface area contributed by atoms with E-state index in [0.717, 1.165) is 40.5 Å². The van der Waals surface area contributed by atoms with E-state index in [1.807, 2.05) is 0 Å². The molecule has 0 saturated heterocycles. The third-order valence-electron chi connectivity index (χ3n) is 18.7. The second-order valence-electron chi connectivity index (χ2n) is 24.8. The number of nitrogens with zero attached hydrogens (tertiary/aromatic N) is 3. The van der Waals surface area contributed by atoms with Gasteiger partial charge in [-0.3, -0.25) is 0 Å². The molecule has 12 rings (SSSR count). The lowest BCUT2D eigenvalue weighted by Crippen LogP contribution is -2.26. The van der Waals surface area contributed by atoms with Gasteiger partial charge in [-0.2, -0.15) is 0 Å². The number of unbranched alkanes of at least 4 members (excludes halogenated alkanes) is 8. The van der Waals surface area contributed by atoms with Crippen LogP contribution in [0.3, 0.4) is 0 Å². The summed E-state index contributed by atoms with van der Waals surface area (Å²) in [5.41, 5.74) is 27.3. The van der Waals surface area contributed by atoms with Crippen molar-refractivity contribution < 1.29 is 0 Å². The molecule has 1 aliphatic rings. The maximum absolute atomic E-state index is 2.58. The van der Waals surface area contributed by atoms with Gasteiger partial charge in [-0.05, 0) is 227 Å². The summed E-state index contributed by atoms with van der Waals surface area (Å²) >= 11 is 0. The number of hydrogen-bond acceptors (Lipinski definition) is 3. The number of anilines is 9. The topological polar surface area (TPSA) is 9.72 Å². The molecule has 0 aromatic heterocycles. The fourth-order valence-corrected chi connectivity index (χ4v) is 14.1. The van der Waals surface area contributed by atoms with Crippen molar-refractivity contribution in [3.8, 4) is 44.5 Å². The van der Waals surface area contributed by atoms with E-state index in [2.05, 4.69) is 316 Å². The van der Waals surface area contributed by atoms with Crippen molar-refractivity contribution in [2.45, 2.75) is 130 Å². The summed E-state index contributed by atoms with van der Waals surface area (Å²) in [5.74, 6) is 0. The van der Waals surface area contributed by atoms with Crippen LogP contribution in [0.5, 0.6) is 0 Å². The van der Waals surface area contributed by atoms with Gasteiger partial charge >= 0.3 is 0 Å². The van der Waals surface area contributed by atoms with E-state index in [1.165, 1.54) is 173 Å². The van der Waals surface area contributed by atoms with Crippen LogP contribution in [-0.2, 0) is 11.8 Å². The third kappa shape index (κ3) is 13.2. The quantitative estimate of drug-likeness (QED) is 0.0500. The Balaban J connectivity index is 0.845. The van der Waals surface area contributed by atoms with E-state index >= 15 is 0 Å². The maximum atomic E-state index is 2.58. The molecule has 0 radical (unpaired) electrons.